The van der Waals surface area contributed by atoms with E-state index >= 15 is 0 Å². The predicted octanol–water partition coefficient (Wildman–Crippen LogP) is 0.244. The smallest absolute Gasteiger partial charge is 0.125 e. The summed E-state index contributed by atoms with van der Waals surface area (Å²) in [6, 6.07) is 0. The monoisotopic (exact) mass is 157 g/mol. The highest BCUT2D eigenvalue weighted by Crippen LogP contribution is 2.16. The molecule has 0 aromatic heterocycles. The van der Waals surface area contributed by atoms with Crippen molar-refractivity contribution in [2.24, 2.45) is 10.9 Å². The number of hydrogen-bond acceptors (Lipinski definition) is 3. The van der Waals surface area contributed by atoms with Gasteiger partial charge in [-0.15, -0.1) is 0 Å². The van der Waals surface area contributed by atoms with Gasteiger partial charge in [0.05, 0.1) is 0 Å². The summed E-state index contributed by atoms with van der Waals surface area (Å²) in [4.78, 5) is 4.17. The Morgan fingerprint density at radius 3 is 3.50 bits per heavy atom. The molecular weight excluding hydrogens is 150 g/mol. The van der Waals surface area contributed by atoms with Crippen LogP contribution in [0.15, 0.2) is 17.1 Å². The molecular formula is C6H8ClN3. The van der Waals surface area contributed by atoms with Gasteiger partial charge in [-0.05, 0) is 6.08 Å². The quantitative estimate of drug-likeness (QED) is 0.529. The normalized spacial score (nSPS) is 37.5. The Balaban J connectivity index is 2.20. The summed E-state index contributed by atoms with van der Waals surface area (Å²) in [6.45, 7) is 0.939. The number of hydrazine groups is 1. The van der Waals surface area contributed by atoms with Crippen molar-refractivity contribution in [3.05, 3.63) is 12.2 Å². The van der Waals surface area contributed by atoms with E-state index in [9.17, 15) is 0 Å². The number of aliphatic imine (C=N–C) groups is 1. The Bertz CT molecular complexity index is 199. The number of fused-ring (bicyclic) bond motifs is 1. The van der Waals surface area contributed by atoms with E-state index < -0.39 is 0 Å². The van der Waals surface area contributed by atoms with Gasteiger partial charge in [-0.25, -0.2) is 5.43 Å². The standard InChI is InChI=1S/C6H8ClN3/c7-5-2-1-4-3-8-10-6(4)9-5/h1-2,4,6,8,10H,3H2. The van der Waals surface area contributed by atoms with Crippen LogP contribution in [-0.4, -0.2) is 17.9 Å². The Kier molecular flexibility index (Phi) is 1.48. The third-order valence-electron chi connectivity index (χ3n) is 1.74. The largest absolute Gasteiger partial charge is 0.255 e. The van der Waals surface area contributed by atoms with Crippen molar-refractivity contribution in [1.82, 2.24) is 10.9 Å². The molecule has 1 saturated heterocycles. The van der Waals surface area contributed by atoms with E-state index in [2.05, 4.69) is 21.9 Å². The zero-order valence-electron chi connectivity index (χ0n) is 5.34. The Hall–Kier alpha value is -0.380. The number of nitrogens with one attached hydrogen (secondary N) is 2. The molecule has 10 heavy (non-hydrogen) atoms. The van der Waals surface area contributed by atoms with Crippen molar-refractivity contribution >= 4 is 16.8 Å². The topological polar surface area (TPSA) is 36.4 Å². The number of allylic oxidation sites excluding steroid dienone is 1. The second kappa shape index (κ2) is 2.34. The summed E-state index contributed by atoms with van der Waals surface area (Å²) in [5.41, 5.74) is 6.03. The van der Waals surface area contributed by atoms with Crippen LogP contribution in [0.2, 0.25) is 0 Å². The van der Waals surface area contributed by atoms with Gasteiger partial charge in [0.15, 0.2) is 0 Å². The number of halogens is 1. The van der Waals surface area contributed by atoms with Crippen LogP contribution in [0, 0.1) is 5.92 Å². The van der Waals surface area contributed by atoms with Crippen molar-refractivity contribution in [2.45, 2.75) is 6.17 Å². The zero-order chi connectivity index (χ0) is 6.97. The molecule has 0 amide bonds. The lowest BCUT2D eigenvalue weighted by Crippen LogP contribution is -2.31. The van der Waals surface area contributed by atoms with Crippen molar-refractivity contribution in [1.29, 1.82) is 0 Å². The van der Waals surface area contributed by atoms with Crippen molar-refractivity contribution in [3.8, 4) is 0 Å². The fraction of sp³-hybridized carbons (Fsp3) is 0.500. The lowest BCUT2D eigenvalue weighted by atomic mass is 10.1. The summed E-state index contributed by atoms with van der Waals surface area (Å²) in [5, 5.41) is 0.581. The SMILES string of the molecule is ClC1=NC2NNCC2C=C1. The van der Waals surface area contributed by atoms with Crippen LogP contribution in [0.25, 0.3) is 0 Å². The van der Waals surface area contributed by atoms with Crippen molar-refractivity contribution in [2.75, 3.05) is 6.54 Å². The first-order valence-corrected chi connectivity index (χ1v) is 3.64. The summed E-state index contributed by atoms with van der Waals surface area (Å²) >= 11 is 5.68. The molecule has 1 fully saturated rings. The van der Waals surface area contributed by atoms with Gasteiger partial charge in [0.1, 0.15) is 11.3 Å². The lowest BCUT2D eigenvalue weighted by molar-refractivity contribution is 0.533. The molecule has 0 bridgehead atoms. The van der Waals surface area contributed by atoms with Crippen LogP contribution in [-0.2, 0) is 0 Å². The molecule has 2 aliphatic heterocycles. The van der Waals surface area contributed by atoms with Crippen LogP contribution in [0.3, 0.4) is 0 Å². The molecule has 2 rings (SSSR count). The minimum Gasteiger partial charge on any atom is -0.255 e. The fourth-order valence-electron chi connectivity index (χ4n) is 1.18. The van der Waals surface area contributed by atoms with Crippen LogP contribution >= 0.6 is 11.6 Å². The molecule has 2 N–H and O–H groups in total. The third kappa shape index (κ3) is 0.963. The molecule has 4 heteroatoms. The maximum Gasteiger partial charge on any atom is 0.125 e. The van der Waals surface area contributed by atoms with E-state index in [1.54, 1.807) is 0 Å². The molecule has 0 aliphatic carbocycles. The second-order valence-electron chi connectivity index (χ2n) is 2.44. The average Bonchev–Trinajstić information content (AvgIpc) is 2.33. The van der Waals surface area contributed by atoms with Gasteiger partial charge in [0, 0.05) is 12.5 Å². The van der Waals surface area contributed by atoms with Crippen molar-refractivity contribution in [3.63, 3.8) is 0 Å². The molecule has 2 atom stereocenters. The Morgan fingerprint density at radius 2 is 2.60 bits per heavy atom. The zero-order valence-corrected chi connectivity index (χ0v) is 6.10. The van der Waals surface area contributed by atoms with Gasteiger partial charge in [0.25, 0.3) is 0 Å². The van der Waals surface area contributed by atoms with E-state index in [4.69, 9.17) is 11.6 Å². The van der Waals surface area contributed by atoms with E-state index in [0.717, 1.165) is 6.54 Å². The van der Waals surface area contributed by atoms with Gasteiger partial charge >= 0.3 is 0 Å². The third-order valence-corrected chi connectivity index (χ3v) is 1.96. The molecule has 2 heterocycles. The van der Waals surface area contributed by atoms with Crippen LogP contribution in [0.1, 0.15) is 0 Å². The number of rotatable bonds is 0. The van der Waals surface area contributed by atoms with Gasteiger partial charge < -0.3 is 0 Å². The predicted molar refractivity (Wildman–Crippen MR) is 40.8 cm³/mol. The average molecular weight is 158 g/mol. The highest BCUT2D eigenvalue weighted by molar-refractivity contribution is 6.68. The first kappa shape index (κ1) is 6.34. The molecule has 2 unspecified atom stereocenters. The Labute approximate surface area is 64.1 Å². The van der Waals surface area contributed by atoms with Crippen LogP contribution in [0.4, 0.5) is 0 Å². The second-order valence-corrected chi connectivity index (χ2v) is 2.83. The van der Waals surface area contributed by atoms with Crippen molar-refractivity contribution < 1.29 is 0 Å². The number of hydrogen-bond donors (Lipinski definition) is 2. The van der Waals surface area contributed by atoms with Crippen LogP contribution in [0.5, 0.6) is 0 Å². The summed E-state index contributed by atoms with van der Waals surface area (Å²) in [5.74, 6) is 0.475. The number of nitrogens with zero attached hydrogens (tertiary/aromatic N) is 1. The van der Waals surface area contributed by atoms with Crippen LogP contribution < -0.4 is 10.9 Å². The van der Waals surface area contributed by atoms with Gasteiger partial charge in [-0.1, -0.05) is 17.7 Å². The molecule has 0 saturated carbocycles. The van der Waals surface area contributed by atoms with Gasteiger partial charge in [-0.2, -0.15) is 0 Å². The fourth-order valence-corrected chi connectivity index (χ4v) is 1.36. The number of dihydropyridines is 1. The Morgan fingerprint density at radius 1 is 1.70 bits per heavy atom. The molecule has 0 radical (unpaired) electrons. The molecule has 0 aromatic rings. The maximum atomic E-state index is 5.68. The summed E-state index contributed by atoms with van der Waals surface area (Å²) in [7, 11) is 0. The highest BCUT2D eigenvalue weighted by Gasteiger charge is 2.25. The van der Waals surface area contributed by atoms with E-state index in [1.807, 2.05) is 6.08 Å². The molecule has 2 aliphatic rings. The summed E-state index contributed by atoms with van der Waals surface area (Å²) in [6.07, 6.45) is 4.07. The summed E-state index contributed by atoms with van der Waals surface area (Å²) < 4.78 is 0. The highest BCUT2D eigenvalue weighted by atomic mass is 35.5. The molecule has 54 valence electrons. The first-order valence-electron chi connectivity index (χ1n) is 3.26. The van der Waals surface area contributed by atoms with Gasteiger partial charge in [0.2, 0.25) is 0 Å². The maximum absolute atomic E-state index is 5.68. The van der Waals surface area contributed by atoms with E-state index in [-0.39, 0.29) is 6.17 Å². The molecule has 0 aromatic carbocycles. The van der Waals surface area contributed by atoms with Gasteiger partial charge in [-0.3, -0.25) is 10.4 Å². The first-order chi connectivity index (χ1) is 4.86. The van der Waals surface area contributed by atoms with E-state index in [1.165, 1.54) is 0 Å². The molecule has 0 spiro atoms. The molecule has 3 nitrogen and oxygen atoms in total. The minimum absolute atomic E-state index is 0.150. The van der Waals surface area contributed by atoms with E-state index in [0.29, 0.717) is 11.1 Å². The minimum atomic E-state index is 0.150. The lowest BCUT2D eigenvalue weighted by Gasteiger charge is -2.13.